The van der Waals surface area contributed by atoms with E-state index in [0.29, 0.717) is 23.7 Å². The number of hydrogen-bond acceptors (Lipinski definition) is 5. The van der Waals surface area contributed by atoms with Crippen LogP contribution in [0.5, 0.6) is 0 Å². The Morgan fingerprint density at radius 2 is 1.42 bits per heavy atom. The normalized spacial score (nSPS) is 13.0. The van der Waals surface area contributed by atoms with Crippen LogP contribution in [0.25, 0.3) is 42.3 Å². The van der Waals surface area contributed by atoms with E-state index < -0.39 is 8.07 Å². The van der Waals surface area contributed by atoms with E-state index in [1.54, 1.807) is 11.3 Å². The topological polar surface area (TPSA) is 63.1 Å². The van der Waals surface area contributed by atoms with Gasteiger partial charge in [0.1, 0.15) is 7.67 Å². The monoisotopic (exact) mass is 977 g/mol. The van der Waals surface area contributed by atoms with Gasteiger partial charge >= 0.3 is 0 Å². The van der Waals surface area contributed by atoms with E-state index in [9.17, 15) is 9.90 Å². The van der Waals surface area contributed by atoms with Gasteiger partial charge in [0.25, 0.3) is 0 Å². The molecule has 305 valence electrons. The second-order valence-electron chi connectivity index (χ2n) is 18.7. The van der Waals surface area contributed by atoms with Crippen molar-refractivity contribution < 1.29 is 31.4 Å². The first-order chi connectivity index (χ1) is 26.7. The van der Waals surface area contributed by atoms with Crippen LogP contribution in [0.15, 0.2) is 97.0 Å². The molecule has 2 aromatic heterocycles. The molecule has 6 aromatic rings. The van der Waals surface area contributed by atoms with Crippen LogP contribution in [0.3, 0.4) is 0 Å². The predicted molar refractivity (Wildman–Crippen MR) is 245 cm³/mol. The number of aliphatic hydroxyl groups is 1. The SMILES string of the molecule is CC(C)C(C(=O)/C=C(\O)C(C(C)C)C(C)C)C(C)C.[2H]c1nc(-c2[c-]c3ccccc3c([Si](C)(C)c3ccccc3)c2)c2sc3cc(CC(C)(C)C)ccc3c2n1.[Ir]. The Morgan fingerprint density at radius 3 is 2.02 bits per heavy atom. The summed E-state index contributed by atoms with van der Waals surface area (Å²) in [6.07, 6.45) is 2.55. The van der Waals surface area contributed by atoms with E-state index >= 15 is 0 Å². The molecule has 0 aliphatic rings. The number of ketones is 1. The zero-order valence-electron chi connectivity index (χ0n) is 37.2. The summed E-state index contributed by atoms with van der Waals surface area (Å²) in [5, 5.41) is 16.5. The summed E-state index contributed by atoms with van der Waals surface area (Å²) in [6, 6.07) is 32.0. The zero-order chi connectivity index (χ0) is 42.0. The van der Waals surface area contributed by atoms with Crippen LogP contribution in [0, 0.1) is 47.0 Å². The van der Waals surface area contributed by atoms with Crippen molar-refractivity contribution in [1.82, 2.24) is 9.97 Å². The second kappa shape index (κ2) is 19.1. The molecule has 0 saturated heterocycles. The van der Waals surface area contributed by atoms with Crippen molar-refractivity contribution in [1.29, 1.82) is 0 Å². The number of aromatic nitrogens is 2. The van der Waals surface area contributed by atoms with Gasteiger partial charge in [-0.15, -0.1) is 40.1 Å². The number of aliphatic hydroxyl groups excluding tert-OH is 1. The maximum absolute atomic E-state index is 12.3. The van der Waals surface area contributed by atoms with Gasteiger partial charge in [0.15, 0.2) is 5.78 Å². The number of benzene rings is 4. The third kappa shape index (κ3) is 10.8. The molecule has 1 N–H and O–H groups in total. The third-order valence-corrected chi connectivity index (χ3v) is 15.7. The molecular weight excluding hydrogens is 913 g/mol. The second-order valence-corrected chi connectivity index (χ2v) is 24.1. The largest absolute Gasteiger partial charge is 0.512 e. The van der Waals surface area contributed by atoms with Gasteiger partial charge in [-0.1, -0.05) is 166 Å². The number of thiophene rings is 1. The van der Waals surface area contributed by atoms with E-state index in [1.165, 1.54) is 32.1 Å². The first-order valence-corrected chi connectivity index (χ1v) is 24.2. The van der Waals surface area contributed by atoms with Gasteiger partial charge in [0.05, 0.1) is 19.3 Å². The van der Waals surface area contributed by atoms with Crippen LogP contribution in [0.4, 0.5) is 0 Å². The number of hydrogen-bond donors (Lipinski definition) is 1. The molecule has 7 heteroatoms. The molecule has 4 nitrogen and oxygen atoms in total. The van der Waals surface area contributed by atoms with Crippen molar-refractivity contribution in [2.24, 2.45) is 40.9 Å². The van der Waals surface area contributed by atoms with Crippen molar-refractivity contribution in [2.45, 2.75) is 95.7 Å². The van der Waals surface area contributed by atoms with Crippen LogP contribution in [0.2, 0.25) is 13.1 Å². The number of fused-ring (bicyclic) bond motifs is 4. The minimum absolute atomic E-state index is 0. The van der Waals surface area contributed by atoms with Gasteiger partial charge in [-0.3, -0.25) is 9.78 Å². The molecular formula is C50H63IrN2O2SSi-. The molecule has 0 saturated carbocycles. The fourth-order valence-corrected chi connectivity index (χ4v) is 12.5. The van der Waals surface area contributed by atoms with Crippen molar-refractivity contribution in [3.05, 3.63) is 109 Å². The fraction of sp³-hybridized carbons (Fsp3) is 0.420. The molecule has 4 aromatic carbocycles. The van der Waals surface area contributed by atoms with Gasteiger partial charge in [-0.25, -0.2) is 4.98 Å². The van der Waals surface area contributed by atoms with Crippen LogP contribution in [-0.2, 0) is 31.3 Å². The average molecular weight is 977 g/mol. The number of allylic oxidation sites excluding steroid dienone is 2. The predicted octanol–water partition coefficient (Wildman–Crippen LogP) is 12.7. The minimum Gasteiger partial charge on any atom is -0.512 e. The smallest absolute Gasteiger partial charge is 0.162 e. The van der Waals surface area contributed by atoms with Gasteiger partial charge < -0.3 is 5.11 Å². The molecule has 6 rings (SSSR count). The molecule has 57 heavy (non-hydrogen) atoms. The number of carbonyl (C=O) groups is 1. The summed E-state index contributed by atoms with van der Waals surface area (Å²) in [7, 11) is -2.03. The number of rotatable bonds is 11. The molecule has 0 fully saturated rings. The van der Waals surface area contributed by atoms with E-state index in [2.05, 4.69) is 179 Å². The molecule has 0 amide bonds. The molecule has 0 aliphatic heterocycles. The Bertz CT molecular complexity index is 2360. The van der Waals surface area contributed by atoms with Crippen LogP contribution in [-0.4, -0.2) is 28.9 Å². The first-order valence-electron chi connectivity index (χ1n) is 20.8. The molecule has 2 heterocycles. The van der Waals surface area contributed by atoms with Crippen LogP contribution >= 0.6 is 11.3 Å². The van der Waals surface area contributed by atoms with Gasteiger partial charge in [0.2, 0.25) is 0 Å². The standard InChI is InChI=1S/C33H31N2SSi.C17H32O2.Ir/c1-33(2,3)20-22-15-16-27-28(17-22)36-32-30(34-21-35-31(27)32)24-18-23-11-9-10-14-26(23)29(19-24)37(4,5)25-12-7-6-8-13-25;1-10(2)16(11(3)4)14(18)9-15(19)17(12(5)6)13(7)8;/h6-17,19,21H,20H2,1-5H3;9-13,16-18H,1-8H3;/q-1;;/b;14-9-;/i21D;;. The zero-order valence-corrected chi connectivity index (χ0v) is 40.5. The molecule has 0 bridgehead atoms. The summed E-state index contributed by atoms with van der Waals surface area (Å²) >= 11 is 1.73. The van der Waals surface area contributed by atoms with Crippen LogP contribution < -0.4 is 10.4 Å². The summed E-state index contributed by atoms with van der Waals surface area (Å²) in [5.74, 6) is 1.63. The Labute approximate surface area is 362 Å². The summed E-state index contributed by atoms with van der Waals surface area (Å²) in [5.41, 5.74) is 4.16. The quantitative estimate of drug-likeness (QED) is 0.0608. The molecule has 1 radical (unpaired) electrons. The van der Waals surface area contributed by atoms with E-state index in [-0.39, 0.29) is 55.2 Å². The Morgan fingerprint density at radius 1 is 0.825 bits per heavy atom. The summed E-state index contributed by atoms with van der Waals surface area (Å²) in [6.45, 7) is 28.2. The van der Waals surface area contributed by atoms with E-state index in [1.807, 2.05) is 0 Å². The number of carbonyl (C=O) groups excluding carboxylic acids is 1. The van der Waals surface area contributed by atoms with Crippen molar-refractivity contribution >= 4 is 66.6 Å². The Hall–Kier alpha value is -3.48. The van der Waals surface area contributed by atoms with Gasteiger partial charge in [-0.2, -0.15) is 0 Å². The van der Waals surface area contributed by atoms with E-state index in [0.717, 1.165) is 38.7 Å². The minimum atomic E-state index is -2.03. The third-order valence-electron chi connectivity index (χ3n) is 11.0. The molecule has 0 atom stereocenters. The Balaban J connectivity index is 0.000000319. The molecule has 0 aliphatic carbocycles. The molecule has 0 spiro atoms. The van der Waals surface area contributed by atoms with Crippen LogP contribution in [0.1, 0.15) is 83.1 Å². The van der Waals surface area contributed by atoms with Crippen molar-refractivity contribution in [3.8, 4) is 11.3 Å². The maximum atomic E-state index is 12.3. The summed E-state index contributed by atoms with van der Waals surface area (Å²) < 4.78 is 10.7. The van der Waals surface area contributed by atoms with Gasteiger partial charge in [0, 0.05) is 58.5 Å². The van der Waals surface area contributed by atoms with E-state index in [4.69, 9.17) is 6.35 Å². The summed E-state index contributed by atoms with van der Waals surface area (Å²) in [4.78, 5) is 21.6. The van der Waals surface area contributed by atoms with Crippen molar-refractivity contribution in [3.63, 3.8) is 0 Å². The first kappa shape index (κ1) is 44.6. The number of nitrogens with zero attached hydrogens (tertiary/aromatic N) is 2. The molecule has 0 unspecified atom stereocenters. The maximum Gasteiger partial charge on any atom is 0.162 e. The average Bonchev–Trinajstić information content (AvgIpc) is 3.47. The van der Waals surface area contributed by atoms with Gasteiger partial charge in [-0.05, 0) is 47.1 Å². The Kier molecular flexibility index (Phi) is 14.9. The van der Waals surface area contributed by atoms with Crippen molar-refractivity contribution in [2.75, 3.05) is 0 Å². The fourth-order valence-electron chi connectivity index (χ4n) is 8.58.